The van der Waals surface area contributed by atoms with E-state index >= 15 is 0 Å². The van der Waals surface area contributed by atoms with Crippen LogP contribution in [0.25, 0.3) is 0 Å². The Balaban J connectivity index is 2.34. The molecule has 0 heterocycles. The van der Waals surface area contributed by atoms with Crippen molar-refractivity contribution in [2.45, 2.75) is 46.5 Å². The monoisotopic (exact) mass is 167 g/mol. The van der Waals surface area contributed by atoms with E-state index in [-0.39, 0.29) is 0 Å². The highest BCUT2D eigenvalue weighted by Gasteiger charge is 2.21. The summed E-state index contributed by atoms with van der Waals surface area (Å²) in [4.78, 5) is 0. The van der Waals surface area contributed by atoms with Gasteiger partial charge in [-0.15, -0.1) is 0 Å². The van der Waals surface area contributed by atoms with E-state index in [1.165, 1.54) is 25.7 Å². The van der Waals surface area contributed by atoms with Crippen LogP contribution in [0.2, 0.25) is 0 Å². The zero-order valence-corrected chi connectivity index (χ0v) is 8.84. The molecule has 0 N–H and O–H groups in total. The lowest BCUT2D eigenvalue weighted by molar-refractivity contribution is 0.198. The van der Waals surface area contributed by atoms with Gasteiger partial charge in [-0.2, -0.15) is 5.92 Å². The molecular weight excluding hydrogens is 144 g/mol. The maximum absolute atomic E-state index is 4.28. The standard InChI is InChI=1S/C12H23/c1-9(2)7-12-6-5-10(3)8-11(12)4/h9-12H,4-8H2,1-3H3/q-1. The largest absolute Gasteiger partial charge is 0.340 e. The molecule has 1 aliphatic rings. The Labute approximate surface area is 77.7 Å². The molecule has 0 amide bonds. The maximum Gasteiger partial charge on any atom is -0.0464 e. The highest BCUT2D eigenvalue weighted by Crippen LogP contribution is 2.36. The molecule has 1 fully saturated rings. The van der Waals surface area contributed by atoms with Gasteiger partial charge in [0.25, 0.3) is 0 Å². The molecule has 0 bridgehead atoms. The second kappa shape index (κ2) is 4.30. The van der Waals surface area contributed by atoms with Crippen molar-refractivity contribution >= 4 is 0 Å². The quantitative estimate of drug-likeness (QED) is 0.547. The summed E-state index contributed by atoms with van der Waals surface area (Å²) in [5.74, 6) is 3.43. The summed E-state index contributed by atoms with van der Waals surface area (Å²) in [7, 11) is 0. The molecule has 0 aromatic heterocycles. The van der Waals surface area contributed by atoms with E-state index < -0.39 is 0 Å². The van der Waals surface area contributed by atoms with Crippen molar-refractivity contribution in [2.75, 3.05) is 0 Å². The van der Waals surface area contributed by atoms with Crippen LogP contribution in [0.15, 0.2) is 0 Å². The highest BCUT2D eigenvalue weighted by molar-refractivity contribution is 4.80. The molecule has 1 rings (SSSR count). The second-order valence-corrected chi connectivity index (χ2v) is 5.07. The van der Waals surface area contributed by atoms with Gasteiger partial charge < -0.3 is 6.92 Å². The third kappa shape index (κ3) is 2.80. The molecule has 3 unspecified atom stereocenters. The lowest BCUT2D eigenvalue weighted by Crippen LogP contribution is -2.22. The second-order valence-electron chi connectivity index (χ2n) is 5.07. The fourth-order valence-corrected chi connectivity index (χ4v) is 2.48. The molecule has 3 atom stereocenters. The van der Waals surface area contributed by atoms with Gasteiger partial charge in [0.15, 0.2) is 0 Å². The summed E-state index contributed by atoms with van der Waals surface area (Å²) < 4.78 is 0. The molecule has 0 radical (unpaired) electrons. The van der Waals surface area contributed by atoms with E-state index in [2.05, 4.69) is 27.7 Å². The van der Waals surface area contributed by atoms with Crippen LogP contribution in [0.3, 0.4) is 0 Å². The summed E-state index contributed by atoms with van der Waals surface area (Å²) in [6.45, 7) is 11.3. The molecular formula is C12H23-. The first kappa shape index (κ1) is 10.1. The fourth-order valence-electron chi connectivity index (χ4n) is 2.48. The van der Waals surface area contributed by atoms with Gasteiger partial charge in [-0.1, -0.05) is 52.4 Å². The van der Waals surface area contributed by atoms with Crippen LogP contribution in [0, 0.1) is 30.6 Å². The predicted octanol–water partition coefficient (Wildman–Crippen LogP) is 3.92. The molecule has 12 heavy (non-hydrogen) atoms. The zero-order valence-electron chi connectivity index (χ0n) is 8.84. The first-order chi connectivity index (χ1) is 5.59. The van der Waals surface area contributed by atoms with Crippen LogP contribution in [0.4, 0.5) is 0 Å². The summed E-state index contributed by atoms with van der Waals surface area (Å²) in [5, 5.41) is 0. The van der Waals surface area contributed by atoms with Gasteiger partial charge in [-0.25, -0.2) is 0 Å². The van der Waals surface area contributed by atoms with Gasteiger partial charge in [0, 0.05) is 0 Å². The Morgan fingerprint density at radius 1 is 1.33 bits per heavy atom. The maximum atomic E-state index is 4.28. The molecule has 0 spiro atoms. The van der Waals surface area contributed by atoms with Crippen molar-refractivity contribution in [1.29, 1.82) is 0 Å². The van der Waals surface area contributed by atoms with Crippen molar-refractivity contribution in [3.63, 3.8) is 0 Å². The Bertz CT molecular complexity index is 126. The highest BCUT2D eigenvalue weighted by atomic mass is 14.3. The van der Waals surface area contributed by atoms with Crippen LogP contribution >= 0.6 is 0 Å². The van der Waals surface area contributed by atoms with Crippen molar-refractivity contribution in [3.05, 3.63) is 6.92 Å². The summed E-state index contributed by atoms with van der Waals surface area (Å²) in [5.41, 5.74) is 0. The molecule has 0 aromatic rings. The first-order valence-corrected chi connectivity index (χ1v) is 5.42. The lowest BCUT2D eigenvalue weighted by Gasteiger charge is -2.38. The van der Waals surface area contributed by atoms with E-state index in [0.717, 1.165) is 23.7 Å². The van der Waals surface area contributed by atoms with E-state index in [4.69, 9.17) is 0 Å². The average molecular weight is 167 g/mol. The van der Waals surface area contributed by atoms with Crippen LogP contribution in [-0.2, 0) is 0 Å². The number of hydrogen-bond acceptors (Lipinski definition) is 0. The van der Waals surface area contributed by atoms with Crippen molar-refractivity contribution in [2.24, 2.45) is 23.7 Å². The van der Waals surface area contributed by atoms with Gasteiger partial charge in [0.1, 0.15) is 0 Å². The van der Waals surface area contributed by atoms with Crippen LogP contribution in [-0.4, -0.2) is 0 Å². The summed E-state index contributed by atoms with van der Waals surface area (Å²) >= 11 is 0. The molecule has 1 saturated carbocycles. The van der Waals surface area contributed by atoms with Crippen LogP contribution < -0.4 is 0 Å². The van der Waals surface area contributed by atoms with E-state index in [1.807, 2.05) is 0 Å². The van der Waals surface area contributed by atoms with Crippen molar-refractivity contribution < 1.29 is 0 Å². The topological polar surface area (TPSA) is 0 Å². The lowest BCUT2D eigenvalue weighted by atomic mass is 9.73. The Morgan fingerprint density at radius 2 is 2.00 bits per heavy atom. The minimum absolute atomic E-state index is 0.733. The Kier molecular flexibility index (Phi) is 3.61. The van der Waals surface area contributed by atoms with Crippen molar-refractivity contribution in [3.8, 4) is 0 Å². The van der Waals surface area contributed by atoms with Crippen LogP contribution in [0.5, 0.6) is 0 Å². The fraction of sp³-hybridized carbons (Fsp3) is 0.917. The molecule has 72 valence electrons. The summed E-state index contributed by atoms with van der Waals surface area (Å²) in [6.07, 6.45) is 5.61. The van der Waals surface area contributed by atoms with Gasteiger partial charge in [-0.05, 0) is 11.8 Å². The molecule has 0 aliphatic heterocycles. The third-order valence-electron chi connectivity index (χ3n) is 3.18. The molecule has 0 saturated heterocycles. The van der Waals surface area contributed by atoms with Gasteiger partial charge in [-0.3, -0.25) is 0 Å². The SMILES string of the molecule is [CH2-]C1CC(C)CCC1CC(C)C. The third-order valence-corrected chi connectivity index (χ3v) is 3.18. The Hall–Kier alpha value is 0. The molecule has 0 nitrogen and oxygen atoms in total. The van der Waals surface area contributed by atoms with Crippen LogP contribution in [0.1, 0.15) is 46.5 Å². The van der Waals surface area contributed by atoms with E-state index in [1.54, 1.807) is 0 Å². The minimum Gasteiger partial charge on any atom is -0.340 e. The minimum atomic E-state index is 0.733. The summed E-state index contributed by atoms with van der Waals surface area (Å²) in [6, 6.07) is 0. The number of hydrogen-bond donors (Lipinski definition) is 0. The smallest absolute Gasteiger partial charge is 0.0464 e. The zero-order chi connectivity index (χ0) is 9.14. The van der Waals surface area contributed by atoms with E-state index in [9.17, 15) is 0 Å². The van der Waals surface area contributed by atoms with Gasteiger partial charge in [0.2, 0.25) is 0 Å². The average Bonchev–Trinajstić information content (AvgIpc) is 1.94. The molecule has 0 heteroatoms. The Morgan fingerprint density at radius 3 is 2.50 bits per heavy atom. The predicted molar refractivity (Wildman–Crippen MR) is 54.8 cm³/mol. The van der Waals surface area contributed by atoms with Crippen molar-refractivity contribution in [1.82, 2.24) is 0 Å². The van der Waals surface area contributed by atoms with Gasteiger partial charge in [0.05, 0.1) is 0 Å². The number of rotatable bonds is 2. The van der Waals surface area contributed by atoms with E-state index in [0.29, 0.717) is 0 Å². The first-order valence-electron chi connectivity index (χ1n) is 5.42. The van der Waals surface area contributed by atoms with Gasteiger partial charge >= 0.3 is 0 Å². The normalized spacial score (nSPS) is 37.2. The molecule has 1 aliphatic carbocycles. The molecule has 0 aromatic carbocycles.